The van der Waals surface area contributed by atoms with Gasteiger partial charge in [-0.1, -0.05) is 6.92 Å². The number of hydrogen-bond acceptors (Lipinski definition) is 5. The van der Waals surface area contributed by atoms with Gasteiger partial charge < -0.3 is 15.4 Å². The number of methoxy groups -OCH3 is 1. The number of aromatic nitrogens is 2. The third-order valence-electron chi connectivity index (χ3n) is 3.02. The number of thioether (sulfide) groups is 1. The van der Waals surface area contributed by atoms with Gasteiger partial charge in [0, 0.05) is 30.7 Å². The second-order valence-corrected chi connectivity index (χ2v) is 5.74. The van der Waals surface area contributed by atoms with Crippen LogP contribution < -0.4 is 10.6 Å². The average Bonchev–Trinajstić information content (AvgIpc) is 3.00. The summed E-state index contributed by atoms with van der Waals surface area (Å²) in [6.07, 6.45) is 0.884. The van der Waals surface area contributed by atoms with E-state index in [-0.39, 0.29) is 25.0 Å². The molecule has 2 rings (SSSR count). The molecular formula is C13H20N4O3S. The smallest absolute Gasteiger partial charge is 0.251 e. The molecule has 21 heavy (non-hydrogen) atoms. The molecule has 1 aliphatic rings. The molecule has 116 valence electrons. The molecule has 0 bridgehead atoms. The second kappa shape index (κ2) is 7.46. The topological polar surface area (TPSA) is 85.3 Å². The Balaban J connectivity index is 2.13. The van der Waals surface area contributed by atoms with Gasteiger partial charge in [-0.3, -0.25) is 9.59 Å². The lowest BCUT2D eigenvalue weighted by atomic mass is 10.3. The van der Waals surface area contributed by atoms with Gasteiger partial charge in [-0.2, -0.15) is 16.9 Å². The van der Waals surface area contributed by atoms with E-state index >= 15 is 0 Å². The molecule has 0 saturated carbocycles. The molecule has 1 aliphatic heterocycles. The zero-order valence-corrected chi connectivity index (χ0v) is 13.1. The molecule has 2 N–H and O–H groups in total. The molecule has 2 heterocycles. The van der Waals surface area contributed by atoms with Crippen LogP contribution in [0, 0.1) is 0 Å². The van der Waals surface area contributed by atoms with E-state index in [4.69, 9.17) is 4.74 Å². The second-order valence-electron chi connectivity index (χ2n) is 4.76. The number of amides is 2. The number of nitrogens with zero attached hydrogens (tertiary/aromatic N) is 2. The Labute approximate surface area is 127 Å². The van der Waals surface area contributed by atoms with E-state index in [0.29, 0.717) is 12.4 Å². The minimum atomic E-state index is -0.243. The summed E-state index contributed by atoms with van der Waals surface area (Å²) in [6, 6.07) is 0. The van der Waals surface area contributed by atoms with Crippen molar-refractivity contribution in [1.29, 1.82) is 0 Å². The van der Waals surface area contributed by atoms with Gasteiger partial charge in [0.2, 0.25) is 5.91 Å². The maximum atomic E-state index is 11.8. The Morgan fingerprint density at radius 2 is 2.19 bits per heavy atom. The van der Waals surface area contributed by atoms with Crippen LogP contribution in [0.15, 0.2) is 0 Å². The predicted molar refractivity (Wildman–Crippen MR) is 81.0 cm³/mol. The molecule has 0 unspecified atom stereocenters. The van der Waals surface area contributed by atoms with Gasteiger partial charge in [0.25, 0.3) is 5.91 Å². The highest BCUT2D eigenvalue weighted by Gasteiger charge is 2.24. The zero-order valence-electron chi connectivity index (χ0n) is 12.3. The van der Waals surface area contributed by atoms with Crippen LogP contribution in [0.5, 0.6) is 0 Å². The number of ether oxygens (including phenoxy) is 1. The summed E-state index contributed by atoms with van der Waals surface area (Å²) in [6.45, 7) is 2.73. The molecule has 8 heteroatoms. The highest BCUT2D eigenvalue weighted by molar-refractivity contribution is 7.98. The molecule has 1 aromatic rings. The highest BCUT2D eigenvalue weighted by atomic mass is 32.2. The first kappa shape index (κ1) is 15.8. The summed E-state index contributed by atoms with van der Waals surface area (Å²) in [4.78, 5) is 23.6. The molecule has 0 radical (unpaired) electrons. The number of nitrogens with one attached hydrogen (secondary N) is 2. The van der Waals surface area contributed by atoms with Crippen molar-refractivity contribution in [3.05, 3.63) is 11.3 Å². The number of carbonyl (C=O) groups is 2. The fourth-order valence-electron chi connectivity index (χ4n) is 2.08. The number of rotatable bonds is 7. The zero-order chi connectivity index (χ0) is 15.2. The maximum absolute atomic E-state index is 11.8. The molecule has 7 nitrogen and oxygen atoms in total. The van der Waals surface area contributed by atoms with Gasteiger partial charge in [0.1, 0.15) is 19.0 Å². The normalized spacial score (nSPS) is 13.0. The number of hydrogen-bond donors (Lipinski definition) is 2. The minimum absolute atomic E-state index is 0.0187. The largest absolute Gasteiger partial charge is 0.375 e. The van der Waals surface area contributed by atoms with Gasteiger partial charge in [-0.05, 0) is 6.42 Å². The van der Waals surface area contributed by atoms with E-state index in [2.05, 4.69) is 15.7 Å². The minimum Gasteiger partial charge on any atom is -0.375 e. The van der Waals surface area contributed by atoms with Crippen LogP contribution in [0.1, 0.15) is 24.6 Å². The Bertz CT molecular complexity index is 530. The molecule has 2 amide bonds. The standard InChI is InChI=1S/C13H20N4O3S/c1-3-4-14-11(18)5-17-13(15-12(19)6-20-2)9-7-21-8-10(9)16-17/h3-8H2,1-2H3,(H,14,18)(H,15,19). The van der Waals surface area contributed by atoms with Crippen molar-refractivity contribution >= 4 is 29.4 Å². The van der Waals surface area contributed by atoms with Crippen molar-refractivity contribution in [3.8, 4) is 0 Å². The van der Waals surface area contributed by atoms with Gasteiger partial charge in [0.15, 0.2) is 0 Å². The Hall–Kier alpha value is -1.54. The first-order chi connectivity index (χ1) is 10.2. The number of anilines is 1. The lowest BCUT2D eigenvalue weighted by Gasteiger charge is -2.10. The molecular weight excluding hydrogens is 292 g/mol. The van der Waals surface area contributed by atoms with Crippen LogP contribution in [0.25, 0.3) is 0 Å². The monoisotopic (exact) mass is 312 g/mol. The Kier molecular flexibility index (Phi) is 5.63. The number of fused-ring (bicyclic) bond motifs is 1. The average molecular weight is 312 g/mol. The fraction of sp³-hybridized carbons (Fsp3) is 0.615. The molecule has 0 aliphatic carbocycles. The van der Waals surface area contributed by atoms with Crippen molar-refractivity contribution in [3.63, 3.8) is 0 Å². The predicted octanol–water partition coefficient (Wildman–Crippen LogP) is 0.741. The van der Waals surface area contributed by atoms with Gasteiger partial charge in [-0.15, -0.1) is 0 Å². The summed E-state index contributed by atoms with van der Waals surface area (Å²) in [7, 11) is 1.47. The van der Waals surface area contributed by atoms with Crippen molar-refractivity contribution in [2.75, 3.05) is 25.6 Å². The Morgan fingerprint density at radius 3 is 2.90 bits per heavy atom. The molecule has 0 atom stereocenters. The van der Waals surface area contributed by atoms with Crippen LogP contribution in [0.4, 0.5) is 5.82 Å². The highest BCUT2D eigenvalue weighted by Crippen LogP contribution is 2.34. The first-order valence-electron chi connectivity index (χ1n) is 6.87. The van der Waals surface area contributed by atoms with E-state index < -0.39 is 0 Å². The molecule has 0 aromatic carbocycles. The third kappa shape index (κ3) is 3.98. The van der Waals surface area contributed by atoms with Gasteiger partial charge in [0.05, 0.1) is 5.69 Å². The first-order valence-corrected chi connectivity index (χ1v) is 8.03. The summed E-state index contributed by atoms with van der Waals surface area (Å²) >= 11 is 1.75. The third-order valence-corrected chi connectivity index (χ3v) is 3.99. The van der Waals surface area contributed by atoms with Crippen LogP contribution >= 0.6 is 11.8 Å². The van der Waals surface area contributed by atoms with Crippen molar-refractivity contribution in [2.24, 2.45) is 0 Å². The van der Waals surface area contributed by atoms with Crippen LogP contribution in [0.3, 0.4) is 0 Å². The van der Waals surface area contributed by atoms with E-state index in [9.17, 15) is 9.59 Å². The summed E-state index contributed by atoms with van der Waals surface area (Å²) in [5.74, 6) is 1.88. The quantitative estimate of drug-likeness (QED) is 0.776. The van der Waals surface area contributed by atoms with E-state index in [1.54, 1.807) is 16.4 Å². The summed E-state index contributed by atoms with van der Waals surface area (Å²) in [5.41, 5.74) is 1.95. The van der Waals surface area contributed by atoms with Gasteiger partial charge >= 0.3 is 0 Å². The lowest BCUT2D eigenvalue weighted by Crippen LogP contribution is -2.30. The SMILES string of the molecule is CCCNC(=O)Cn1nc2c(c1NC(=O)COC)CSC2. The van der Waals surface area contributed by atoms with Crippen molar-refractivity contribution in [1.82, 2.24) is 15.1 Å². The van der Waals surface area contributed by atoms with Crippen LogP contribution in [-0.4, -0.2) is 41.9 Å². The summed E-state index contributed by atoms with van der Waals surface area (Å²) < 4.78 is 6.39. The molecule has 0 fully saturated rings. The van der Waals surface area contributed by atoms with E-state index in [1.165, 1.54) is 7.11 Å². The van der Waals surface area contributed by atoms with Crippen molar-refractivity contribution in [2.45, 2.75) is 31.4 Å². The maximum Gasteiger partial charge on any atom is 0.251 e. The molecule has 1 aromatic heterocycles. The van der Waals surface area contributed by atoms with Crippen molar-refractivity contribution < 1.29 is 14.3 Å². The van der Waals surface area contributed by atoms with Gasteiger partial charge in [-0.25, -0.2) is 4.68 Å². The Morgan fingerprint density at radius 1 is 1.38 bits per heavy atom. The van der Waals surface area contributed by atoms with Crippen LogP contribution in [-0.2, 0) is 32.4 Å². The van der Waals surface area contributed by atoms with E-state index in [0.717, 1.165) is 29.2 Å². The van der Waals surface area contributed by atoms with E-state index in [1.807, 2.05) is 6.92 Å². The lowest BCUT2D eigenvalue weighted by molar-refractivity contribution is -0.122. The molecule has 0 spiro atoms. The molecule has 0 saturated heterocycles. The fourth-order valence-corrected chi connectivity index (χ4v) is 3.11. The van der Waals surface area contributed by atoms with Crippen LogP contribution in [0.2, 0.25) is 0 Å². The number of carbonyl (C=O) groups excluding carboxylic acids is 2. The summed E-state index contributed by atoms with van der Waals surface area (Å²) in [5, 5.41) is 10.0.